The molecule has 0 atom stereocenters. The van der Waals surface area contributed by atoms with E-state index in [2.05, 4.69) is 20.9 Å². The summed E-state index contributed by atoms with van der Waals surface area (Å²) in [4.78, 5) is 4.26. The third kappa shape index (κ3) is 6.91. The molecule has 7 nitrogen and oxygen atoms in total. The zero-order valence-electron chi connectivity index (χ0n) is 21.2. The standard InChI is InChI=1S/C27H38F2N4O3/c1-34-14-11-30-20-4-6-21(7-5-20)33-26-16-22(24(29)17-31-26)19-3-8-23(28)25(15-19)32-18-27(35-2)9-12-36-13-10-27/h3,8,15-17,20-21,30,32H,4-7,9-14,18H2,1-2H3,(H,31,33)/t20-,21-. The molecule has 1 saturated carbocycles. The molecule has 9 heteroatoms. The highest BCUT2D eigenvalue weighted by Crippen LogP contribution is 2.31. The normalized spacial score (nSPS) is 21.8. The molecule has 3 N–H and O–H groups in total. The lowest BCUT2D eigenvalue weighted by atomic mass is 9.91. The maximum atomic E-state index is 14.8. The number of hydrogen-bond donors (Lipinski definition) is 3. The Morgan fingerprint density at radius 2 is 1.78 bits per heavy atom. The molecule has 1 aliphatic heterocycles. The minimum absolute atomic E-state index is 0.284. The Morgan fingerprint density at radius 3 is 2.50 bits per heavy atom. The van der Waals surface area contributed by atoms with Crippen molar-refractivity contribution in [2.24, 2.45) is 0 Å². The van der Waals surface area contributed by atoms with Gasteiger partial charge >= 0.3 is 0 Å². The predicted octanol–water partition coefficient (Wildman–Crippen LogP) is 4.59. The number of hydrogen-bond acceptors (Lipinski definition) is 7. The Labute approximate surface area is 212 Å². The van der Waals surface area contributed by atoms with Crippen molar-refractivity contribution in [1.82, 2.24) is 10.3 Å². The number of anilines is 2. The predicted molar refractivity (Wildman–Crippen MR) is 137 cm³/mol. The van der Waals surface area contributed by atoms with Crippen molar-refractivity contribution >= 4 is 11.5 Å². The summed E-state index contributed by atoms with van der Waals surface area (Å²) in [6.07, 6.45) is 6.85. The molecule has 1 aromatic carbocycles. The minimum Gasteiger partial charge on any atom is -0.383 e. The van der Waals surface area contributed by atoms with Gasteiger partial charge in [0.15, 0.2) is 0 Å². The van der Waals surface area contributed by atoms with Crippen LogP contribution in [0.15, 0.2) is 30.5 Å². The molecule has 2 aromatic rings. The maximum absolute atomic E-state index is 14.8. The number of rotatable bonds is 11. The molecule has 4 rings (SSSR count). The topological polar surface area (TPSA) is 76.7 Å². The van der Waals surface area contributed by atoms with Crippen LogP contribution >= 0.6 is 0 Å². The van der Waals surface area contributed by atoms with Gasteiger partial charge in [0.1, 0.15) is 17.5 Å². The van der Waals surface area contributed by atoms with Crippen LogP contribution in [0.4, 0.5) is 20.3 Å². The zero-order valence-corrected chi connectivity index (χ0v) is 21.2. The van der Waals surface area contributed by atoms with E-state index in [0.29, 0.717) is 55.0 Å². The average Bonchev–Trinajstić information content (AvgIpc) is 2.91. The Morgan fingerprint density at radius 1 is 1.03 bits per heavy atom. The van der Waals surface area contributed by atoms with Crippen LogP contribution in [0.3, 0.4) is 0 Å². The third-order valence-electron chi connectivity index (χ3n) is 7.39. The van der Waals surface area contributed by atoms with Gasteiger partial charge in [-0.3, -0.25) is 0 Å². The van der Waals surface area contributed by atoms with Crippen LogP contribution in [0.5, 0.6) is 0 Å². The lowest BCUT2D eigenvalue weighted by Gasteiger charge is -2.36. The SMILES string of the molecule is COCCN[C@H]1CC[C@H](Nc2cc(-c3ccc(F)c(NCC4(OC)CCOCC4)c3)c(F)cn2)CC1. The number of aromatic nitrogens is 1. The number of halogens is 2. The molecule has 2 heterocycles. The molecule has 1 aliphatic carbocycles. The number of methoxy groups -OCH3 is 2. The summed E-state index contributed by atoms with van der Waals surface area (Å²) in [6, 6.07) is 7.11. The van der Waals surface area contributed by atoms with Gasteiger partial charge in [-0.1, -0.05) is 6.07 Å². The largest absolute Gasteiger partial charge is 0.383 e. The van der Waals surface area contributed by atoms with Gasteiger partial charge in [-0.2, -0.15) is 0 Å². The van der Waals surface area contributed by atoms with Crippen molar-refractivity contribution in [2.75, 3.05) is 57.8 Å². The molecule has 36 heavy (non-hydrogen) atoms. The van der Waals surface area contributed by atoms with Gasteiger partial charge in [-0.15, -0.1) is 0 Å². The van der Waals surface area contributed by atoms with Gasteiger partial charge in [0.25, 0.3) is 0 Å². The highest BCUT2D eigenvalue weighted by Gasteiger charge is 2.32. The van der Waals surface area contributed by atoms with E-state index in [9.17, 15) is 8.78 Å². The van der Waals surface area contributed by atoms with Gasteiger partial charge in [0, 0.05) is 71.0 Å². The molecule has 2 aliphatic rings. The molecular formula is C27H38F2N4O3. The number of nitrogens with one attached hydrogen (secondary N) is 3. The molecule has 0 spiro atoms. The van der Waals surface area contributed by atoms with Crippen LogP contribution in [0, 0.1) is 11.6 Å². The summed E-state index contributed by atoms with van der Waals surface area (Å²) in [5, 5.41) is 10.2. The first-order valence-corrected chi connectivity index (χ1v) is 12.8. The van der Waals surface area contributed by atoms with Crippen molar-refractivity contribution in [3.63, 3.8) is 0 Å². The molecular weight excluding hydrogens is 466 g/mol. The third-order valence-corrected chi connectivity index (χ3v) is 7.39. The van der Waals surface area contributed by atoms with E-state index >= 15 is 0 Å². The molecule has 1 aromatic heterocycles. The van der Waals surface area contributed by atoms with Crippen molar-refractivity contribution in [3.05, 3.63) is 42.1 Å². The van der Waals surface area contributed by atoms with Crippen LogP contribution in [-0.4, -0.2) is 69.8 Å². The van der Waals surface area contributed by atoms with Crippen molar-refractivity contribution in [3.8, 4) is 11.1 Å². The van der Waals surface area contributed by atoms with E-state index in [1.54, 1.807) is 32.4 Å². The number of ether oxygens (including phenoxy) is 3. The molecule has 1 saturated heterocycles. The van der Waals surface area contributed by atoms with Gasteiger partial charge in [0.2, 0.25) is 0 Å². The van der Waals surface area contributed by atoms with E-state index < -0.39 is 11.4 Å². The van der Waals surface area contributed by atoms with E-state index in [-0.39, 0.29) is 11.9 Å². The first-order chi connectivity index (χ1) is 17.5. The Balaban J connectivity index is 1.41. The molecule has 0 radical (unpaired) electrons. The second kappa shape index (κ2) is 12.8. The average molecular weight is 505 g/mol. The first-order valence-electron chi connectivity index (χ1n) is 12.8. The fraction of sp³-hybridized carbons (Fsp3) is 0.593. The molecule has 198 valence electrons. The highest BCUT2D eigenvalue weighted by molar-refractivity contribution is 5.71. The van der Waals surface area contributed by atoms with Crippen LogP contribution in [-0.2, 0) is 14.2 Å². The summed E-state index contributed by atoms with van der Waals surface area (Å²) in [5.74, 6) is -0.204. The summed E-state index contributed by atoms with van der Waals surface area (Å²) >= 11 is 0. The summed E-state index contributed by atoms with van der Waals surface area (Å²) in [6.45, 7) is 3.24. The Bertz CT molecular complexity index is 979. The quantitative estimate of drug-likeness (QED) is 0.386. The fourth-order valence-electron chi connectivity index (χ4n) is 5.04. The van der Waals surface area contributed by atoms with Gasteiger partial charge < -0.3 is 30.2 Å². The van der Waals surface area contributed by atoms with Crippen LogP contribution < -0.4 is 16.0 Å². The van der Waals surface area contributed by atoms with Crippen molar-refractivity contribution in [1.29, 1.82) is 0 Å². The Kier molecular flexibility index (Phi) is 9.47. The van der Waals surface area contributed by atoms with Crippen LogP contribution in [0.2, 0.25) is 0 Å². The molecule has 0 bridgehead atoms. The summed E-state index contributed by atoms with van der Waals surface area (Å²) in [5.41, 5.74) is 0.891. The van der Waals surface area contributed by atoms with Gasteiger partial charge in [-0.25, -0.2) is 13.8 Å². The van der Waals surface area contributed by atoms with E-state index in [1.165, 1.54) is 12.3 Å². The first kappa shape index (κ1) is 26.7. The van der Waals surface area contributed by atoms with Crippen LogP contribution in [0.1, 0.15) is 38.5 Å². The lowest BCUT2D eigenvalue weighted by molar-refractivity contribution is -0.0807. The summed E-state index contributed by atoms with van der Waals surface area (Å²) in [7, 11) is 3.38. The zero-order chi connectivity index (χ0) is 25.4. The molecule has 0 amide bonds. The molecule has 2 fully saturated rings. The number of nitrogens with zero attached hydrogens (tertiary/aromatic N) is 1. The van der Waals surface area contributed by atoms with E-state index in [4.69, 9.17) is 14.2 Å². The van der Waals surface area contributed by atoms with E-state index in [0.717, 1.165) is 45.1 Å². The van der Waals surface area contributed by atoms with E-state index in [1.807, 2.05) is 0 Å². The molecule has 0 unspecified atom stereocenters. The maximum Gasteiger partial charge on any atom is 0.149 e. The minimum atomic E-state index is -0.443. The monoisotopic (exact) mass is 504 g/mol. The second-order valence-electron chi connectivity index (χ2n) is 9.74. The number of pyridine rings is 1. The Hall–Kier alpha value is -2.33. The smallest absolute Gasteiger partial charge is 0.149 e. The van der Waals surface area contributed by atoms with Crippen molar-refractivity contribution in [2.45, 2.75) is 56.2 Å². The number of benzene rings is 1. The van der Waals surface area contributed by atoms with Gasteiger partial charge in [0.05, 0.1) is 24.1 Å². The highest BCUT2D eigenvalue weighted by atomic mass is 19.1. The summed E-state index contributed by atoms with van der Waals surface area (Å²) < 4.78 is 45.7. The van der Waals surface area contributed by atoms with Gasteiger partial charge in [-0.05, 0) is 49.4 Å². The van der Waals surface area contributed by atoms with Crippen molar-refractivity contribution < 1.29 is 23.0 Å². The van der Waals surface area contributed by atoms with Crippen LogP contribution in [0.25, 0.3) is 11.1 Å². The fourth-order valence-corrected chi connectivity index (χ4v) is 5.04. The lowest BCUT2D eigenvalue weighted by Crippen LogP contribution is -2.44. The second-order valence-corrected chi connectivity index (χ2v) is 9.74.